The Morgan fingerprint density at radius 1 is 0.833 bits per heavy atom. The lowest BCUT2D eigenvalue weighted by Crippen LogP contribution is -2.00. The number of carbonyl (C=O) groups is 1. The molecule has 2 nitrogen and oxygen atoms in total. The maximum absolute atomic E-state index is 11.5. The standard InChI is InChI=1S/C16H12O2/c1-10-11-6-2-4-8-13(11)15(16(17)18)14-9-5-3-7-12(10)14/h2-9H,1H3,(H,17,18). The summed E-state index contributed by atoms with van der Waals surface area (Å²) in [5.41, 5.74) is 1.53. The van der Waals surface area contributed by atoms with Crippen LogP contribution >= 0.6 is 0 Å². The van der Waals surface area contributed by atoms with Crippen LogP contribution in [0.25, 0.3) is 21.5 Å². The van der Waals surface area contributed by atoms with Gasteiger partial charge in [-0.25, -0.2) is 4.79 Å². The van der Waals surface area contributed by atoms with Crippen LogP contribution in [0, 0.1) is 6.92 Å². The smallest absolute Gasteiger partial charge is 0.336 e. The Morgan fingerprint density at radius 3 is 1.61 bits per heavy atom. The van der Waals surface area contributed by atoms with Crippen LogP contribution in [-0.4, -0.2) is 11.1 Å². The van der Waals surface area contributed by atoms with Gasteiger partial charge in [0.15, 0.2) is 0 Å². The quantitative estimate of drug-likeness (QED) is 0.648. The van der Waals surface area contributed by atoms with Crippen molar-refractivity contribution in [3.8, 4) is 0 Å². The maximum Gasteiger partial charge on any atom is 0.336 e. The highest BCUT2D eigenvalue weighted by Crippen LogP contribution is 2.32. The van der Waals surface area contributed by atoms with Crippen LogP contribution in [-0.2, 0) is 0 Å². The number of benzene rings is 3. The molecule has 0 amide bonds. The van der Waals surface area contributed by atoms with Gasteiger partial charge in [-0.3, -0.25) is 0 Å². The molecule has 0 heterocycles. The SMILES string of the molecule is Cc1c2ccccc2c(C(=O)O)c2ccccc12. The number of fused-ring (bicyclic) bond motifs is 2. The van der Waals surface area contributed by atoms with E-state index in [1.807, 2.05) is 55.5 Å². The normalized spacial score (nSPS) is 10.9. The molecule has 18 heavy (non-hydrogen) atoms. The van der Waals surface area contributed by atoms with Gasteiger partial charge in [-0.05, 0) is 34.0 Å². The van der Waals surface area contributed by atoms with Gasteiger partial charge in [0.2, 0.25) is 0 Å². The third-order valence-electron chi connectivity index (χ3n) is 3.41. The summed E-state index contributed by atoms with van der Waals surface area (Å²) >= 11 is 0. The third kappa shape index (κ3) is 1.39. The molecule has 0 saturated carbocycles. The predicted octanol–water partition coefficient (Wildman–Crippen LogP) is 4.00. The molecule has 2 heteroatoms. The van der Waals surface area contributed by atoms with Gasteiger partial charge in [0, 0.05) is 0 Å². The van der Waals surface area contributed by atoms with Crippen LogP contribution in [0.4, 0.5) is 0 Å². The molecule has 0 spiro atoms. The summed E-state index contributed by atoms with van der Waals surface area (Å²) in [6.07, 6.45) is 0. The number of hydrogen-bond donors (Lipinski definition) is 1. The van der Waals surface area contributed by atoms with Crippen LogP contribution in [0.1, 0.15) is 15.9 Å². The summed E-state index contributed by atoms with van der Waals surface area (Å²) < 4.78 is 0. The second-order valence-corrected chi connectivity index (χ2v) is 4.40. The summed E-state index contributed by atoms with van der Waals surface area (Å²) in [6.45, 7) is 2.04. The number of aryl methyl sites for hydroxylation is 1. The number of carboxylic acids is 1. The van der Waals surface area contributed by atoms with E-state index in [0.717, 1.165) is 27.1 Å². The molecule has 0 aliphatic rings. The lowest BCUT2D eigenvalue weighted by Gasteiger charge is -2.11. The van der Waals surface area contributed by atoms with E-state index in [1.54, 1.807) is 0 Å². The number of aromatic carboxylic acids is 1. The molecular weight excluding hydrogens is 224 g/mol. The lowest BCUT2D eigenvalue weighted by atomic mass is 9.92. The van der Waals surface area contributed by atoms with Gasteiger partial charge in [0.1, 0.15) is 0 Å². The number of hydrogen-bond acceptors (Lipinski definition) is 1. The van der Waals surface area contributed by atoms with Crippen LogP contribution in [0.15, 0.2) is 48.5 Å². The van der Waals surface area contributed by atoms with Gasteiger partial charge in [-0.1, -0.05) is 48.5 Å². The highest BCUT2D eigenvalue weighted by Gasteiger charge is 2.15. The van der Waals surface area contributed by atoms with Crippen molar-refractivity contribution in [2.45, 2.75) is 6.92 Å². The minimum atomic E-state index is -0.873. The number of rotatable bonds is 1. The van der Waals surface area contributed by atoms with Crippen molar-refractivity contribution in [2.24, 2.45) is 0 Å². The molecule has 0 aromatic heterocycles. The van der Waals surface area contributed by atoms with Gasteiger partial charge in [0.25, 0.3) is 0 Å². The molecule has 3 rings (SSSR count). The van der Waals surface area contributed by atoms with Crippen molar-refractivity contribution in [2.75, 3.05) is 0 Å². The zero-order valence-electron chi connectivity index (χ0n) is 9.97. The Kier molecular flexibility index (Phi) is 2.30. The van der Waals surface area contributed by atoms with E-state index >= 15 is 0 Å². The Hall–Kier alpha value is -2.35. The second-order valence-electron chi connectivity index (χ2n) is 4.40. The fourth-order valence-corrected chi connectivity index (χ4v) is 2.58. The molecule has 3 aromatic carbocycles. The van der Waals surface area contributed by atoms with Crippen LogP contribution in [0.3, 0.4) is 0 Å². The van der Waals surface area contributed by atoms with Crippen LogP contribution in [0.5, 0.6) is 0 Å². The maximum atomic E-state index is 11.5. The molecule has 0 bridgehead atoms. The van der Waals surface area contributed by atoms with Crippen LogP contribution in [0.2, 0.25) is 0 Å². The Morgan fingerprint density at radius 2 is 1.22 bits per heavy atom. The molecule has 3 aromatic rings. The summed E-state index contributed by atoms with van der Waals surface area (Å²) in [7, 11) is 0. The molecule has 0 aliphatic carbocycles. The van der Waals surface area contributed by atoms with E-state index in [9.17, 15) is 9.90 Å². The Bertz CT molecular complexity index is 715. The van der Waals surface area contributed by atoms with Gasteiger partial charge < -0.3 is 5.11 Å². The molecule has 0 saturated heterocycles. The van der Waals surface area contributed by atoms with Gasteiger partial charge in [0.05, 0.1) is 5.56 Å². The highest BCUT2D eigenvalue weighted by atomic mass is 16.4. The topological polar surface area (TPSA) is 37.3 Å². The monoisotopic (exact) mass is 236 g/mol. The van der Waals surface area contributed by atoms with Crippen LogP contribution < -0.4 is 0 Å². The fraction of sp³-hybridized carbons (Fsp3) is 0.0625. The predicted molar refractivity (Wildman–Crippen MR) is 73.2 cm³/mol. The third-order valence-corrected chi connectivity index (χ3v) is 3.41. The van der Waals surface area contributed by atoms with Gasteiger partial charge in [-0.2, -0.15) is 0 Å². The molecule has 88 valence electrons. The van der Waals surface area contributed by atoms with E-state index in [1.165, 1.54) is 0 Å². The fourth-order valence-electron chi connectivity index (χ4n) is 2.58. The van der Waals surface area contributed by atoms with Crippen molar-refractivity contribution in [3.63, 3.8) is 0 Å². The van der Waals surface area contributed by atoms with Crippen molar-refractivity contribution in [1.82, 2.24) is 0 Å². The average Bonchev–Trinajstić information content (AvgIpc) is 2.39. The molecule has 0 fully saturated rings. The first-order chi connectivity index (χ1) is 8.70. The zero-order valence-corrected chi connectivity index (χ0v) is 9.97. The van der Waals surface area contributed by atoms with E-state index in [4.69, 9.17) is 0 Å². The molecule has 0 atom stereocenters. The molecule has 0 aliphatic heterocycles. The minimum Gasteiger partial charge on any atom is -0.478 e. The van der Waals surface area contributed by atoms with E-state index in [0.29, 0.717) is 5.56 Å². The summed E-state index contributed by atoms with van der Waals surface area (Å²) in [4.78, 5) is 11.5. The Balaban J connectivity index is 2.67. The van der Waals surface area contributed by atoms with Crippen molar-refractivity contribution >= 4 is 27.5 Å². The largest absolute Gasteiger partial charge is 0.478 e. The average molecular weight is 236 g/mol. The first-order valence-corrected chi connectivity index (χ1v) is 5.83. The zero-order chi connectivity index (χ0) is 12.7. The summed E-state index contributed by atoms with van der Waals surface area (Å²) in [5, 5.41) is 13.1. The van der Waals surface area contributed by atoms with Crippen molar-refractivity contribution in [1.29, 1.82) is 0 Å². The molecule has 0 unspecified atom stereocenters. The summed E-state index contributed by atoms with van der Waals surface area (Å²) in [6, 6.07) is 15.3. The first-order valence-electron chi connectivity index (χ1n) is 5.83. The van der Waals surface area contributed by atoms with Gasteiger partial charge in [-0.15, -0.1) is 0 Å². The van der Waals surface area contributed by atoms with Crippen molar-refractivity contribution in [3.05, 3.63) is 59.7 Å². The molecule has 1 N–H and O–H groups in total. The van der Waals surface area contributed by atoms with E-state index < -0.39 is 5.97 Å². The first kappa shape index (κ1) is 10.8. The van der Waals surface area contributed by atoms with E-state index in [-0.39, 0.29) is 0 Å². The summed E-state index contributed by atoms with van der Waals surface area (Å²) in [5.74, 6) is -0.873. The number of carboxylic acid groups (broad SMARTS) is 1. The molecule has 0 radical (unpaired) electrons. The minimum absolute atomic E-state index is 0.395. The van der Waals surface area contributed by atoms with E-state index in [2.05, 4.69) is 0 Å². The molecular formula is C16H12O2. The lowest BCUT2D eigenvalue weighted by molar-refractivity contribution is 0.0701. The highest BCUT2D eigenvalue weighted by molar-refractivity contribution is 6.17. The van der Waals surface area contributed by atoms with Crippen molar-refractivity contribution < 1.29 is 9.90 Å². The second kappa shape index (κ2) is 3.84. The Labute approximate surface area is 104 Å². The van der Waals surface area contributed by atoms with Gasteiger partial charge >= 0.3 is 5.97 Å².